The molecule has 20 heavy (non-hydrogen) atoms. The molecule has 2 rings (SSSR count). The fourth-order valence-electron chi connectivity index (χ4n) is 1.74. The molecule has 109 valence electrons. The molecule has 0 fully saturated rings. The fraction of sp³-hybridized carbons (Fsp3) is 0.444. The van der Waals surface area contributed by atoms with Crippen LogP contribution in [0.3, 0.4) is 0 Å². The molecule has 0 heterocycles. The maximum atomic E-state index is 2.21. The molecule has 0 aromatic heterocycles. The Hall–Kier alpha value is -0.200. The summed E-state index contributed by atoms with van der Waals surface area (Å²) in [5.74, 6) is 0. The molecule has 0 saturated carbocycles. The minimum Gasteiger partial charge on any atom is -0.211 e. The van der Waals surface area contributed by atoms with E-state index < -0.39 is 0 Å². The number of hydrogen-bond acceptors (Lipinski definition) is 0. The molecule has 0 saturated heterocycles. The third-order valence-electron chi connectivity index (χ3n) is 2.54. The van der Waals surface area contributed by atoms with Crippen LogP contribution in [-0.2, 0) is 39.0 Å². The maximum Gasteiger partial charge on any atom is 2.00 e. The van der Waals surface area contributed by atoms with E-state index in [4.69, 9.17) is 0 Å². The first-order valence-corrected chi connectivity index (χ1v) is 9.74. The zero-order valence-electron chi connectivity index (χ0n) is 13.5. The smallest absolute Gasteiger partial charge is 0.211 e. The molecule has 0 spiro atoms. The molecule has 2 heteroatoms. The van der Waals surface area contributed by atoms with Crippen LogP contribution in [0.5, 0.6) is 0 Å². The predicted octanol–water partition coefficient (Wildman–Crippen LogP) is 5.23. The van der Waals surface area contributed by atoms with Gasteiger partial charge in [0.15, 0.2) is 0 Å². The van der Waals surface area contributed by atoms with E-state index >= 15 is 0 Å². The normalized spacial score (nSPS) is 8.60. The Balaban J connectivity index is 0. The first-order valence-electron chi connectivity index (χ1n) is 7.43. The molecule has 0 bridgehead atoms. The van der Waals surface area contributed by atoms with Crippen molar-refractivity contribution in [1.82, 2.24) is 0 Å². The minimum absolute atomic E-state index is 0. The monoisotopic (exact) mass is 363 g/mol. The first kappa shape index (κ1) is 22.1. The van der Waals surface area contributed by atoms with Crippen LogP contribution in [-0.4, -0.2) is 9.52 Å². The average Bonchev–Trinajstić information content (AvgIpc) is 3.05. The summed E-state index contributed by atoms with van der Waals surface area (Å²) < 4.78 is 0. The van der Waals surface area contributed by atoms with Crippen molar-refractivity contribution >= 4 is 9.52 Å². The predicted molar refractivity (Wildman–Crippen MR) is 90.9 cm³/mol. The third-order valence-corrected chi connectivity index (χ3v) is 2.54. The van der Waals surface area contributed by atoms with Crippen LogP contribution in [0.4, 0.5) is 0 Å². The Morgan fingerprint density at radius 1 is 0.850 bits per heavy atom. The van der Waals surface area contributed by atoms with Crippen LogP contribution in [0, 0.1) is 0 Å². The summed E-state index contributed by atoms with van der Waals surface area (Å²) in [7, 11) is 0.750. The van der Waals surface area contributed by atoms with Crippen LogP contribution < -0.4 is 0 Å². The Bertz CT molecular complexity index is 312. The van der Waals surface area contributed by atoms with Crippen molar-refractivity contribution in [1.29, 1.82) is 0 Å². The zero-order valence-corrected chi connectivity index (χ0v) is 17.1. The van der Waals surface area contributed by atoms with Crippen molar-refractivity contribution in [2.24, 2.45) is 0 Å². The second-order valence-corrected chi connectivity index (χ2v) is 5.82. The van der Waals surface area contributed by atoms with Gasteiger partial charge in [0.1, 0.15) is 0 Å². The van der Waals surface area contributed by atoms with Gasteiger partial charge in [-0.15, -0.1) is 0 Å². The van der Waals surface area contributed by atoms with Gasteiger partial charge in [0.25, 0.3) is 0 Å². The summed E-state index contributed by atoms with van der Waals surface area (Å²) in [5.41, 5.74) is 2.93. The van der Waals surface area contributed by atoms with Gasteiger partial charge in [-0.25, -0.2) is 12.1 Å². The largest absolute Gasteiger partial charge is 2.00 e. The molecule has 1 radical (unpaired) electrons. The quantitative estimate of drug-likeness (QED) is 0.514. The van der Waals surface area contributed by atoms with Gasteiger partial charge in [0, 0.05) is 9.52 Å². The van der Waals surface area contributed by atoms with Crippen LogP contribution in [0.25, 0.3) is 0 Å². The van der Waals surface area contributed by atoms with E-state index in [0.29, 0.717) is 0 Å². The van der Waals surface area contributed by atoms with Crippen LogP contribution in [0.2, 0.25) is 13.1 Å². The molecule has 0 atom stereocenters. The van der Waals surface area contributed by atoms with Crippen molar-refractivity contribution in [2.45, 2.75) is 52.6 Å². The van der Waals surface area contributed by atoms with Gasteiger partial charge in [0.2, 0.25) is 0 Å². The molecule has 2 aromatic rings. The number of rotatable bonds is 4. The van der Waals surface area contributed by atoms with Gasteiger partial charge in [-0.1, -0.05) is 52.6 Å². The third kappa shape index (κ3) is 12.8. The summed E-state index contributed by atoms with van der Waals surface area (Å²) in [6, 6.07) is 17.0. The zero-order chi connectivity index (χ0) is 14.3. The van der Waals surface area contributed by atoms with Crippen molar-refractivity contribution in [3.8, 4) is 0 Å². The van der Waals surface area contributed by atoms with Crippen LogP contribution in [0.1, 0.15) is 37.8 Å². The Labute approximate surface area is 147 Å². The Morgan fingerprint density at radius 3 is 1.40 bits per heavy atom. The van der Waals surface area contributed by atoms with Gasteiger partial charge in [-0.05, 0) is 0 Å². The molecule has 0 aliphatic heterocycles. The van der Waals surface area contributed by atoms with E-state index in [9.17, 15) is 0 Å². The van der Waals surface area contributed by atoms with Gasteiger partial charge in [0.05, 0.1) is 0 Å². The van der Waals surface area contributed by atoms with E-state index in [1.54, 1.807) is 0 Å². The van der Waals surface area contributed by atoms with Crippen LogP contribution >= 0.6 is 0 Å². The first-order chi connectivity index (χ1) is 9.28. The molecular weight excluding hydrogens is 336 g/mol. The summed E-state index contributed by atoms with van der Waals surface area (Å²) in [5, 5.41) is 0. The molecule has 0 N–H and O–H groups in total. The standard InChI is InChI=1S/2C8H11.C2H7Si.Zr/c2*1-2-5-8-6-3-4-7-8;1-3-2;/h2*3-4,6-7H,2,5H2,1H3;3H,1-2H3;/q2*-1;;+2. The molecule has 0 aliphatic carbocycles. The minimum atomic E-state index is 0. The second-order valence-electron chi connectivity index (χ2n) is 4.66. The van der Waals surface area contributed by atoms with Gasteiger partial charge >= 0.3 is 26.2 Å². The number of aryl methyl sites for hydroxylation is 2. The molecule has 0 aliphatic rings. The van der Waals surface area contributed by atoms with Crippen LogP contribution in [0.15, 0.2) is 48.5 Å². The second kappa shape index (κ2) is 16.9. The molecule has 2 aromatic carbocycles. The molecule has 0 amide bonds. The summed E-state index contributed by atoms with van der Waals surface area (Å²) in [6.45, 7) is 8.82. The van der Waals surface area contributed by atoms with Gasteiger partial charge in [-0.3, -0.25) is 0 Å². The van der Waals surface area contributed by atoms with E-state index in [1.807, 2.05) is 0 Å². The topological polar surface area (TPSA) is 0 Å². The summed E-state index contributed by atoms with van der Waals surface area (Å²) in [6.07, 6.45) is 4.97. The summed E-state index contributed by atoms with van der Waals surface area (Å²) in [4.78, 5) is 0. The Morgan fingerprint density at radius 2 is 1.20 bits per heavy atom. The molecular formula is C18H29SiZr. The van der Waals surface area contributed by atoms with Crippen molar-refractivity contribution in [3.05, 3.63) is 59.7 Å². The van der Waals surface area contributed by atoms with Gasteiger partial charge in [-0.2, -0.15) is 47.5 Å². The van der Waals surface area contributed by atoms with E-state index in [-0.39, 0.29) is 26.2 Å². The number of hydrogen-bond donors (Lipinski definition) is 0. The molecule has 0 unspecified atom stereocenters. The Kier molecular flexibility index (Phi) is 18.6. The molecule has 0 nitrogen and oxygen atoms in total. The van der Waals surface area contributed by atoms with E-state index in [0.717, 1.165) is 9.52 Å². The fourth-order valence-corrected chi connectivity index (χ4v) is 1.74. The van der Waals surface area contributed by atoms with Gasteiger partial charge < -0.3 is 0 Å². The van der Waals surface area contributed by atoms with Crippen molar-refractivity contribution < 1.29 is 26.2 Å². The summed E-state index contributed by atoms with van der Waals surface area (Å²) >= 11 is 0. The average molecular weight is 365 g/mol. The van der Waals surface area contributed by atoms with E-state index in [1.165, 1.54) is 36.8 Å². The maximum absolute atomic E-state index is 2.21. The SMILES string of the molecule is CCCc1cc[cH-]c1.CCCc1cc[cH-]c1.C[SiH]C.[Zr+2]. The van der Waals surface area contributed by atoms with E-state index in [2.05, 4.69) is 75.5 Å². The van der Waals surface area contributed by atoms with Crippen molar-refractivity contribution in [2.75, 3.05) is 0 Å². The van der Waals surface area contributed by atoms with Crippen molar-refractivity contribution in [3.63, 3.8) is 0 Å².